The molecule has 1 saturated heterocycles. The molecule has 17 heavy (non-hydrogen) atoms. The van der Waals surface area contributed by atoms with Gasteiger partial charge in [-0.2, -0.15) is 5.06 Å². The number of rotatable bonds is 3. The summed E-state index contributed by atoms with van der Waals surface area (Å²) >= 11 is 0. The van der Waals surface area contributed by atoms with E-state index in [0.29, 0.717) is 13.0 Å². The van der Waals surface area contributed by atoms with Crippen LogP contribution < -0.4 is 0 Å². The first-order valence-corrected chi connectivity index (χ1v) is 5.63. The molecule has 0 radical (unpaired) electrons. The lowest BCUT2D eigenvalue weighted by Crippen LogP contribution is -2.36. The van der Waals surface area contributed by atoms with E-state index in [1.807, 2.05) is 0 Å². The highest BCUT2D eigenvalue weighted by atomic mass is 16.6. The van der Waals surface area contributed by atoms with Crippen LogP contribution in [0.5, 0.6) is 0 Å². The quantitative estimate of drug-likeness (QED) is 0.738. The molecular formula is C11H19NO5. The van der Waals surface area contributed by atoms with Gasteiger partial charge in [0.05, 0.1) is 0 Å². The normalized spacial score (nSPS) is 21.3. The molecule has 6 nitrogen and oxygen atoms in total. The van der Waals surface area contributed by atoms with Crippen molar-refractivity contribution < 1.29 is 24.3 Å². The van der Waals surface area contributed by atoms with Crippen molar-refractivity contribution in [1.82, 2.24) is 5.06 Å². The molecule has 0 aliphatic carbocycles. The maximum absolute atomic E-state index is 11.5. The van der Waals surface area contributed by atoms with Crippen molar-refractivity contribution in [1.29, 1.82) is 0 Å². The number of hydroxylamine groups is 2. The third-order valence-electron chi connectivity index (χ3n) is 2.25. The van der Waals surface area contributed by atoms with Gasteiger partial charge < -0.3 is 14.7 Å². The van der Waals surface area contributed by atoms with Gasteiger partial charge in [-0.1, -0.05) is 0 Å². The average Bonchev–Trinajstić information content (AvgIpc) is 2.58. The minimum absolute atomic E-state index is 0.416. The number of ether oxygens (including phenoxy) is 2. The minimum Gasteiger partial charge on any atom is -0.457 e. The van der Waals surface area contributed by atoms with Crippen LogP contribution in [-0.4, -0.2) is 47.0 Å². The van der Waals surface area contributed by atoms with Crippen molar-refractivity contribution in [3.63, 3.8) is 0 Å². The average molecular weight is 245 g/mol. The summed E-state index contributed by atoms with van der Waals surface area (Å²) in [5.41, 5.74) is -0.597. The molecule has 1 N–H and O–H groups in total. The second-order valence-electron chi connectivity index (χ2n) is 5.02. The van der Waals surface area contributed by atoms with Gasteiger partial charge in [0, 0.05) is 6.54 Å². The molecule has 0 spiro atoms. The van der Waals surface area contributed by atoms with Crippen LogP contribution in [-0.2, 0) is 19.1 Å². The van der Waals surface area contributed by atoms with Gasteiger partial charge in [-0.15, -0.1) is 0 Å². The third kappa shape index (κ3) is 4.70. The Labute approximate surface area is 100 Å². The summed E-state index contributed by atoms with van der Waals surface area (Å²) in [6, 6.07) is -0.655. The molecule has 1 heterocycles. The fraction of sp³-hybridized carbons (Fsp3) is 0.818. The molecule has 6 heteroatoms. The van der Waals surface area contributed by atoms with Crippen molar-refractivity contribution in [2.24, 2.45) is 0 Å². The topological polar surface area (TPSA) is 76.1 Å². The van der Waals surface area contributed by atoms with Crippen LogP contribution >= 0.6 is 0 Å². The molecule has 1 aliphatic rings. The molecular weight excluding hydrogens is 226 g/mol. The third-order valence-corrected chi connectivity index (χ3v) is 2.25. The molecule has 1 fully saturated rings. The predicted octanol–water partition coefficient (Wildman–Crippen LogP) is 0.725. The van der Waals surface area contributed by atoms with Gasteiger partial charge in [0.1, 0.15) is 11.6 Å². The molecule has 0 aromatic carbocycles. The molecule has 0 aromatic rings. The standard InChI is InChI=1S/C11H19NO5/c1-11(2,3)17-9(13)7-16-10(14)8-5-4-6-12(8)15/h8,15H,4-7H2,1-3H3/t8-/m0/s1. The summed E-state index contributed by atoms with van der Waals surface area (Å²) in [5.74, 6) is -1.18. The lowest BCUT2D eigenvalue weighted by molar-refractivity contribution is -0.176. The van der Waals surface area contributed by atoms with E-state index in [1.54, 1.807) is 20.8 Å². The predicted molar refractivity (Wildman–Crippen MR) is 58.3 cm³/mol. The first-order chi connectivity index (χ1) is 7.79. The van der Waals surface area contributed by atoms with Crippen molar-refractivity contribution >= 4 is 11.9 Å². The minimum atomic E-state index is -0.655. The van der Waals surface area contributed by atoms with Crippen LogP contribution in [0, 0.1) is 0 Å². The van der Waals surface area contributed by atoms with Crippen LogP contribution in [0.25, 0.3) is 0 Å². The monoisotopic (exact) mass is 245 g/mol. The van der Waals surface area contributed by atoms with Gasteiger partial charge in [-0.25, -0.2) is 4.79 Å². The van der Waals surface area contributed by atoms with Crippen molar-refractivity contribution in [2.75, 3.05) is 13.2 Å². The van der Waals surface area contributed by atoms with E-state index in [1.165, 1.54) is 0 Å². The first-order valence-electron chi connectivity index (χ1n) is 5.63. The molecule has 0 amide bonds. The Morgan fingerprint density at radius 2 is 2.06 bits per heavy atom. The number of esters is 2. The number of hydrogen-bond donors (Lipinski definition) is 1. The Bertz CT molecular complexity index is 297. The molecule has 0 unspecified atom stereocenters. The fourth-order valence-electron chi connectivity index (χ4n) is 1.59. The molecule has 1 rings (SSSR count). The summed E-state index contributed by atoms with van der Waals surface area (Å²) in [6.45, 7) is 5.24. The zero-order chi connectivity index (χ0) is 13.1. The van der Waals surface area contributed by atoms with E-state index in [2.05, 4.69) is 0 Å². The fourth-order valence-corrected chi connectivity index (χ4v) is 1.59. The highest BCUT2D eigenvalue weighted by Crippen LogP contribution is 2.15. The Balaban J connectivity index is 2.31. The van der Waals surface area contributed by atoms with Crippen LogP contribution in [0.15, 0.2) is 0 Å². The summed E-state index contributed by atoms with van der Waals surface area (Å²) in [5, 5.41) is 10.3. The largest absolute Gasteiger partial charge is 0.457 e. The van der Waals surface area contributed by atoms with Crippen LogP contribution in [0.3, 0.4) is 0 Å². The van der Waals surface area contributed by atoms with Crippen molar-refractivity contribution in [2.45, 2.75) is 45.3 Å². The maximum atomic E-state index is 11.5. The summed E-state index contributed by atoms with van der Waals surface area (Å²) in [4.78, 5) is 22.8. The SMILES string of the molecule is CC(C)(C)OC(=O)COC(=O)[C@@H]1CCCN1O. The van der Waals surface area contributed by atoms with E-state index in [-0.39, 0.29) is 0 Å². The number of hydrogen-bond acceptors (Lipinski definition) is 6. The van der Waals surface area contributed by atoms with Gasteiger partial charge in [-0.3, -0.25) is 4.79 Å². The van der Waals surface area contributed by atoms with E-state index in [9.17, 15) is 14.8 Å². The maximum Gasteiger partial charge on any atom is 0.344 e. The highest BCUT2D eigenvalue weighted by Gasteiger charge is 2.31. The van der Waals surface area contributed by atoms with Gasteiger partial charge in [0.2, 0.25) is 0 Å². The number of carbonyl (C=O) groups excluding carboxylic acids is 2. The Morgan fingerprint density at radius 1 is 1.41 bits per heavy atom. The zero-order valence-corrected chi connectivity index (χ0v) is 10.4. The zero-order valence-electron chi connectivity index (χ0n) is 10.4. The molecule has 98 valence electrons. The molecule has 1 atom stereocenters. The van der Waals surface area contributed by atoms with E-state index in [0.717, 1.165) is 11.5 Å². The smallest absolute Gasteiger partial charge is 0.344 e. The van der Waals surface area contributed by atoms with E-state index < -0.39 is 30.2 Å². The summed E-state index contributed by atoms with van der Waals surface area (Å²) in [7, 11) is 0. The molecule has 0 aromatic heterocycles. The summed E-state index contributed by atoms with van der Waals surface area (Å²) in [6.07, 6.45) is 1.28. The van der Waals surface area contributed by atoms with E-state index >= 15 is 0 Å². The molecule has 1 aliphatic heterocycles. The highest BCUT2D eigenvalue weighted by molar-refractivity contribution is 5.80. The van der Waals surface area contributed by atoms with Crippen LogP contribution in [0.4, 0.5) is 0 Å². The Kier molecular flexibility index (Phi) is 4.47. The van der Waals surface area contributed by atoms with Gasteiger partial charge in [0.15, 0.2) is 6.61 Å². The van der Waals surface area contributed by atoms with Crippen LogP contribution in [0.1, 0.15) is 33.6 Å². The number of nitrogens with zero attached hydrogens (tertiary/aromatic N) is 1. The van der Waals surface area contributed by atoms with Crippen LogP contribution in [0.2, 0.25) is 0 Å². The first kappa shape index (κ1) is 13.9. The lowest BCUT2D eigenvalue weighted by Gasteiger charge is -2.20. The summed E-state index contributed by atoms with van der Waals surface area (Å²) < 4.78 is 9.77. The van der Waals surface area contributed by atoms with Gasteiger partial charge in [0.25, 0.3) is 0 Å². The van der Waals surface area contributed by atoms with E-state index in [4.69, 9.17) is 9.47 Å². The van der Waals surface area contributed by atoms with Gasteiger partial charge in [-0.05, 0) is 33.6 Å². The Hall–Kier alpha value is -1.14. The van der Waals surface area contributed by atoms with Crippen molar-refractivity contribution in [3.05, 3.63) is 0 Å². The molecule has 0 bridgehead atoms. The molecule has 0 saturated carbocycles. The number of carbonyl (C=O) groups is 2. The lowest BCUT2D eigenvalue weighted by atomic mass is 10.2. The second kappa shape index (κ2) is 5.46. The Morgan fingerprint density at radius 3 is 2.53 bits per heavy atom. The van der Waals surface area contributed by atoms with Gasteiger partial charge >= 0.3 is 11.9 Å². The second-order valence-corrected chi connectivity index (χ2v) is 5.02. The van der Waals surface area contributed by atoms with Crippen molar-refractivity contribution in [3.8, 4) is 0 Å².